The van der Waals surface area contributed by atoms with Gasteiger partial charge in [-0.05, 0) is 31.5 Å². The van der Waals surface area contributed by atoms with Gasteiger partial charge in [-0.3, -0.25) is 9.58 Å². The zero-order valence-corrected chi connectivity index (χ0v) is 17.9. The zero-order chi connectivity index (χ0) is 20.1. The van der Waals surface area contributed by atoms with Crippen LogP contribution < -0.4 is 4.90 Å². The number of piperazine rings is 1. The molecule has 7 heteroatoms. The molecule has 0 atom stereocenters. The third-order valence-corrected chi connectivity index (χ3v) is 6.17. The van der Waals surface area contributed by atoms with Crippen LogP contribution in [0.5, 0.6) is 0 Å². The van der Waals surface area contributed by atoms with Gasteiger partial charge in [0.25, 0.3) is 0 Å². The van der Waals surface area contributed by atoms with E-state index < -0.39 is 0 Å². The van der Waals surface area contributed by atoms with E-state index >= 15 is 0 Å². The highest BCUT2D eigenvalue weighted by Crippen LogP contribution is 2.32. The first-order chi connectivity index (χ1) is 14.2. The molecule has 5 nitrogen and oxygen atoms in total. The lowest BCUT2D eigenvalue weighted by molar-refractivity contribution is 0.250. The van der Waals surface area contributed by atoms with E-state index in [1.165, 1.54) is 0 Å². The van der Waals surface area contributed by atoms with Crippen LogP contribution in [0, 0.1) is 0 Å². The Morgan fingerprint density at radius 3 is 2.38 bits per heavy atom. The Labute approximate surface area is 181 Å². The Kier molecular flexibility index (Phi) is 6.70. The predicted octanol–water partition coefficient (Wildman–Crippen LogP) is 4.85. The SMILES string of the molecule is Clc1cccc(N2CCN(CCCCn3cc(-c4ccccc4)nn3)CC2)c1Cl. The van der Waals surface area contributed by atoms with Gasteiger partial charge in [-0.2, -0.15) is 0 Å². The highest BCUT2D eigenvalue weighted by Gasteiger charge is 2.19. The number of hydrogen-bond acceptors (Lipinski definition) is 4. The summed E-state index contributed by atoms with van der Waals surface area (Å²) in [5.74, 6) is 0. The van der Waals surface area contributed by atoms with E-state index in [2.05, 4.69) is 32.2 Å². The Balaban J connectivity index is 1.19. The molecule has 1 saturated heterocycles. The summed E-state index contributed by atoms with van der Waals surface area (Å²) >= 11 is 12.5. The van der Waals surface area contributed by atoms with E-state index in [1.807, 2.05) is 47.3 Å². The van der Waals surface area contributed by atoms with E-state index in [0.717, 1.165) is 69.1 Å². The number of unbranched alkanes of at least 4 members (excludes halogenated alkanes) is 1. The van der Waals surface area contributed by atoms with Crippen LogP contribution in [0.25, 0.3) is 11.3 Å². The summed E-state index contributed by atoms with van der Waals surface area (Å²) in [5.41, 5.74) is 3.08. The summed E-state index contributed by atoms with van der Waals surface area (Å²) in [6, 6.07) is 16.0. The van der Waals surface area contributed by atoms with Crippen molar-refractivity contribution < 1.29 is 0 Å². The molecule has 0 amide bonds. The number of aryl methyl sites for hydroxylation is 1. The highest BCUT2D eigenvalue weighted by atomic mass is 35.5. The zero-order valence-electron chi connectivity index (χ0n) is 16.3. The molecule has 0 spiro atoms. The van der Waals surface area contributed by atoms with Crippen LogP contribution in [0.4, 0.5) is 5.69 Å². The summed E-state index contributed by atoms with van der Waals surface area (Å²) in [6.45, 7) is 6.05. The van der Waals surface area contributed by atoms with Gasteiger partial charge < -0.3 is 4.90 Å². The third kappa shape index (κ3) is 5.10. The second-order valence-corrected chi connectivity index (χ2v) is 8.13. The minimum atomic E-state index is 0.620. The molecule has 1 aliphatic rings. The number of nitrogens with zero attached hydrogens (tertiary/aromatic N) is 5. The van der Waals surface area contributed by atoms with Crippen LogP contribution in [-0.2, 0) is 6.54 Å². The molecule has 3 aromatic rings. The molecule has 1 aromatic heterocycles. The van der Waals surface area contributed by atoms with Crippen LogP contribution in [0.2, 0.25) is 10.0 Å². The Hall–Kier alpha value is -2.08. The molecule has 1 aliphatic heterocycles. The second kappa shape index (κ2) is 9.61. The van der Waals surface area contributed by atoms with Gasteiger partial charge in [0.05, 0.1) is 21.9 Å². The van der Waals surface area contributed by atoms with Crippen LogP contribution in [0.1, 0.15) is 12.8 Å². The quantitative estimate of drug-likeness (QED) is 0.502. The van der Waals surface area contributed by atoms with Crippen molar-refractivity contribution in [1.82, 2.24) is 19.9 Å². The van der Waals surface area contributed by atoms with Crippen molar-refractivity contribution in [2.24, 2.45) is 0 Å². The van der Waals surface area contributed by atoms with Crippen molar-refractivity contribution >= 4 is 28.9 Å². The van der Waals surface area contributed by atoms with Gasteiger partial charge in [0, 0.05) is 38.3 Å². The van der Waals surface area contributed by atoms with Crippen molar-refractivity contribution in [3.8, 4) is 11.3 Å². The normalized spacial score (nSPS) is 15.0. The molecule has 152 valence electrons. The second-order valence-electron chi connectivity index (χ2n) is 7.34. The third-order valence-electron chi connectivity index (χ3n) is 5.36. The average Bonchev–Trinajstić information content (AvgIpc) is 3.23. The maximum atomic E-state index is 6.36. The molecule has 2 aromatic carbocycles. The topological polar surface area (TPSA) is 37.2 Å². The average molecular weight is 430 g/mol. The van der Waals surface area contributed by atoms with Crippen LogP contribution in [0.15, 0.2) is 54.7 Å². The molecular weight excluding hydrogens is 405 g/mol. The van der Waals surface area contributed by atoms with Gasteiger partial charge in [-0.25, -0.2) is 0 Å². The maximum absolute atomic E-state index is 6.36. The fourth-order valence-corrected chi connectivity index (χ4v) is 4.12. The van der Waals surface area contributed by atoms with Crippen molar-refractivity contribution in [1.29, 1.82) is 0 Å². The van der Waals surface area contributed by atoms with Crippen molar-refractivity contribution in [2.75, 3.05) is 37.6 Å². The molecule has 0 N–H and O–H groups in total. The molecule has 2 heterocycles. The van der Waals surface area contributed by atoms with Gasteiger partial charge in [0.15, 0.2) is 0 Å². The summed E-state index contributed by atoms with van der Waals surface area (Å²) < 4.78 is 1.95. The number of halogens is 2. The number of rotatable bonds is 7. The van der Waals surface area contributed by atoms with E-state index in [9.17, 15) is 0 Å². The first-order valence-corrected chi connectivity index (χ1v) is 10.8. The summed E-state index contributed by atoms with van der Waals surface area (Å²) in [5, 5.41) is 9.82. The van der Waals surface area contributed by atoms with Gasteiger partial charge >= 0.3 is 0 Å². The van der Waals surface area contributed by atoms with E-state index in [4.69, 9.17) is 23.2 Å². The maximum Gasteiger partial charge on any atom is 0.113 e. The Morgan fingerprint density at radius 1 is 0.828 bits per heavy atom. The largest absolute Gasteiger partial charge is 0.368 e. The fourth-order valence-electron chi connectivity index (χ4n) is 3.71. The minimum absolute atomic E-state index is 0.620. The van der Waals surface area contributed by atoms with E-state index in [1.54, 1.807) is 0 Å². The smallest absolute Gasteiger partial charge is 0.113 e. The lowest BCUT2D eigenvalue weighted by Gasteiger charge is -2.36. The highest BCUT2D eigenvalue weighted by molar-refractivity contribution is 6.43. The number of hydrogen-bond donors (Lipinski definition) is 0. The molecule has 0 saturated carbocycles. The molecule has 0 bridgehead atoms. The van der Waals surface area contributed by atoms with Gasteiger partial charge in [0.1, 0.15) is 5.69 Å². The number of anilines is 1. The lowest BCUT2D eigenvalue weighted by Crippen LogP contribution is -2.46. The van der Waals surface area contributed by atoms with Crippen molar-refractivity contribution in [3.63, 3.8) is 0 Å². The lowest BCUT2D eigenvalue weighted by atomic mass is 10.2. The molecule has 1 fully saturated rings. The molecule has 0 unspecified atom stereocenters. The predicted molar refractivity (Wildman–Crippen MR) is 120 cm³/mol. The minimum Gasteiger partial charge on any atom is -0.368 e. The molecule has 0 radical (unpaired) electrons. The Bertz CT molecular complexity index is 920. The van der Waals surface area contributed by atoms with E-state index in [0.29, 0.717) is 10.0 Å². The van der Waals surface area contributed by atoms with Gasteiger partial charge in [0.2, 0.25) is 0 Å². The van der Waals surface area contributed by atoms with Crippen LogP contribution in [-0.4, -0.2) is 52.6 Å². The fraction of sp³-hybridized carbons (Fsp3) is 0.364. The first kappa shape index (κ1) is 20.2. The Morgan fingerprint density at radius 2 is 1.59 bits per heavy atom. The summed E-state index contributed by atoms with van der Waals surface area (Å²) in [4.78, 5) is 4.84. The van der Waals surface area contributed by atoms with Gasteiger partial charge in [-0.15, -0.1) is 5.10 Å². The number of aromatic nitrogens is 3. The van der Waals surface area contributed by atoms with Crippen molar-refractivity contribution in [2.45, 2.75) is 19.4 Å². The number of benzene rings is 2. The molecule has 29 heavy (non-hydrogen) atoms. The standard InChI is InChI=1S/C22H25Cl2N5/c23-19-9-6-10-21(22(19)24)28-15-13-27(14-16-28)11-4-5-12-29-17-20(25-26-29)18-7-2-1-3-8-18/h1-3,6-10,17H,4-5,11-16H2. The molecule has 4 rings (SSSR count). The van der Waals surface area contributed by atoms with Crippen LogP contribution in [0.3, 0.4) is 0 Å². The molecule has 0 aliphatic carbocycles. The first-order valence-electron chi connectivity index (χ1n) is 10.1. The monoisotopic (exact) mass is 429 g/mol. The summed E-state index contributed by atoms with van der Waals surface area (Å²) in [6.07, 6.45) is 4.28. The van der Waals surface area contributed by atoms with E-state index in [-0.39, 0.29) is 0 Å². The van der Waals surface area contributed by atoms with Crippen LogP contribution >= 0.6 is 23.2 Å². The molecular formula is C22H25Cl2N5. The van der Waals surface area contributed by atoms with Gasteiger partial charge in [-0.1, -0.05) is 64.8 Å². The summed E-state index contributed by atoms with van der Waals surface area (Å²) in [7, 11) is 0. The van der Waals surface area contributed by atoms with Crippen molar-refractivity contribution in [3.05, 3.63) is 64.8 Å².